The molecule has 0 fully saturated rings. The van der Waals surface area contributed by atoms with Crippen molar-refractivity contribution in [3.05, 3.63) is 28.3 Å². The number of aliphatic hydroxyl groups excluding tert-OH is 1. The van der Waals surface area contributed by atoms with E-state index in [0.717, 1.165) is 18.7 Å². The molecule has 0 amide bonds. The third kappa shape index (κ3) is 4.38. The Bertz CT molecular complexity index is 437. The van der Waals surface area contributed by atoms with E-state index in [9.17, 15) is 10.1 Å². The first kappa shape index (κ1) is 16.2. The molecule has 0 bridgehead atoms. The molecule has 6 heteroatoms. The Morgan fingerprint density at radius 1 is 1.40 bits per heavy atom. The highest BCUT2D eigenvalue weighted by molar-refractivity contribution is 5.59. The van der Waals surface area contributed by atoms with Gasteiger partial charge in [0, 0.05) is 37.5 Å². The zero-order chi connectivity index (χ0) is 15.0. The first-order valence-electron chi connectivity index (χ1n) is 6.91. The second-order valence-electron chi connectivity index (χ2n) is 4.41. The van der Waals surface area contributed by atoms with E-state index in [4.69, 9.17) is 9.84 Å². The van der Waals surface area contributed by atoms with E-state index in [1.54, 1.807) is 12.1 Å². The summed E-state index contributed by atoms with van der Waals surface area (Å²) < 4.78 is 5.47. The summed E-state index contributed by atoms with van der Waals surface area (Å²) in [6.45, 7) is 6.01. The predicted octanol–water partition coefficient (Wildman–Crippen LogP) is 2.59. The van der Waals surface area contributed by atoms with Gasteiger partial charge in [-0.2, -0.15) is 0 Å². The van der Waals surface area contributed by atoms with Crippen molar-refractivity contribution >= 4 is 11.4 Å². The van der Waals surface area contributed by atoms with Gasteiger partial charge in [-0.15, -0.1) is 0 Å². The van der Waals surface area contributed by atoms with Crippen molar-refractivity contribution < 1.29 is 14.8 Å². The third-order valence-corrected chi connectivity index (χ3v) is 2.93. The van der Waals surface area contributed by atoms with Crippen LogP contribution in [0.4, 0.5) is 11.4 Å². The fourth-order valence-electron chi connectivity index (χ4n) is 1.91. The van der Waals surface area contributed by atoms with Gasteiger partial charge in [0.15, 0.2) is 5.75 Å². The summed E-state index contributed by atoms with van der Waals surface area (Å²) in [5.74, 6) is 0.303. The predicted molar refractivity (Wildman–Crippen MR) is 78.5 cm³/mol. The monoisotopic (exact) mass is 282 g/mol. The number of aliphatic hydroxyl groups is 1. The second kappa shape index (κ2) is 8.37. The second-order valence-corrected chi connectivity index (χ2v) is 4.41. The molecule has 0 aliphatic heterocycles. The van der Waals surface area contributed by atoms with Crippen molar-refractivity contribution in [3.8, 4) is 5.75 Å². The van der Waals surface area contributed by atoms with Gasteiger partial charge in [-0.3, -0.25) is 10.1 Å². The number of benzene rings is 1. The lowest BCUT2D eigenvalue weighted by molar-refractivity contribution is -0.385. The van der Waals surface area contributed by atoms with Gasteiger partial charge in [0.25, 0.3) is 0 Å². The van der Waals surface area contributed by atoms with Gasteiger partial charge in [0.05, 0.1) is 11.5 Å². The molecule has 0 heterocycles. The van der Waals surface area contributed by atoms with Crippen LogP contribution in [0.1, 0.15) is 26.7 Å². The van der Waals surface area contributed by atoms with Gasteiger partial charge in [0.1, 0.15) is 0 Å². The van der Waals surface area contributed by atoms with Crippen LogP contribution in [0.15, 0.2) is 18.2 Å². The Morgan fingerprint density at radius 2 is 2.15 bits per heavy atom. The van der Waals surface area contributed by atoms with E-state index in [1.807, 2.05) is 13.8 Å². The highest BCUT2D eigenvalue weighted by Gasteiger charge is 2.17. The molecule has 0 aliphatic rings. The lowest BCUT2D eigenvalue weighted by Crippen LogP contribution is -2.24. The standard InChI is InChI=1S/C14H22N2O4/c1-3-10-20-14-11-12(6-7-13(14)16(18)19)15(4-2)8-5-9-17/h6-7,11,17H,3-5,8-10H2,1-2H3. The smallest absolute Gasteiger partial charge is 0.311 e. The van der Waals surface area contributed by atoms with Crippen molar-refractivity contribution in [1.82, 2.24) is 0 Å². The minimum atomic E-state index is -0.432. The van der Waals surface area contributed by atoms with Crippen LogP contribution in [0, 0.1) is 10.1 Å². The lowest BCUT2D eigenvalue weighted by Gasteiger charge is -2.23. The van der Waals surface area contributed by atoms with Gasteiger partial charge in [-0.05, 0) is 25.8 Å². The van der Waals surface area contributed by atoms with Gasteiger partial charge in [0.2, 0.25) is 0 Å². The molecule has 0 saturated heterocycles. The number of nitro groups is 1. The van der Waals surface area contributed by atoms with E-state index < -0.39 is 4.92 Å². The molecule has 1 N–H and O–H groups in total. The number of rotatable bonds is 9. The average Bonchev–Trinajstić information content (AvgIpc) is 2.45. The zero-order valence-electron chi connectivity index (χ0n) is 12.0. The maximum absolute atomic E-state index is 11.0. The molecule has 1 aromatic rings. The summed E-state index contributed by atoms with van der Waals surface area (Å²) in [4.78, 5) is 12.6. The first-order chi connectivity index (χ1) is 9.63. The van der Waals surface area contributed by atoms with E-state index in [1.165, 1.54) is 6.07 Å². The van der Waals surface area contributed by atoms with Crippen molar-refractivity contribution in [2.45, 2.75) is 26.7 Å². The van der Waals surface area contributed by atoms with Crippen LogP contribution in [0.5, 0.6) is 5.75 Å². The fraction of sp³-hybridized carbons (Fsp3) is 0.571. The summed E-state index contributed by atoms with van der Waals surface area (Å²) in [6.07, 6.45) is 1.46. The minimum Gasteiger partial charge on any atom is -0.487 e. The number of ether oxygens (including phenoxy) is 1. The van der Waals surface area contributed by atoms with Crippen molar-refractivity contribution in [1.29, 1.82) is 0 Å². The molecule has 112 valence electrons. The quantitative estimate of drug-likeness (QED) is 0.556. The molecule has 0 aromatic heterocycles. The van der Waals surface area contributed by atoms with Gasteiger partial charge in [-0.1, -0.05) is 6.92 Å². The third-order valence-electron chi connectivity index (χ3n) is 2.93. The highest BCUT2D eigenvalue weighted by atomic mass is 16.6. The normalized spacial score (nSPS) is 10.3. The number of nitrogens with zero attached hydrogens (tertiary/aromatic N) is 2. The molecule has 1 aromatic carbocycles. The van der Waals surface area contributed by atoms with Gasteiger partial charge < -0.3 is 14.7 Å². The number of hydrogen-bond donors (Lipinski definition) is 1. The number of hydrogen-bond acceptors (Lipinski definition) is 5. The maximum Gasteiger partial charge on any atom is 0.311 e. The molecule has 0 atom stereocenters. The maximum atomic E-state index is 11.0. The van der Waals surface area contributed by atoms with Crippen molar-refractivity contribution in [2.75, 3.05) is 31.2 Å². The Kier molecular flexibility index (Phi) is 6.79. The number of anilines is 1. The zero-order valence-corrected chi connectivity index (χ0v) is 12.0. The van der Waals surface area contributed by atoms with E-state index in [-0.39, 0.29) is 12.3 Å². The lowest BCUT2D eigenvalue weighted by atomic mass is 10.2. The van der Waals surface area contributed by atoms with Crippen LogP contribution < -0.4 is 9.64 Å². The molecule has 0 aliphatic carbocycles. The van der Waals surface area contributed by atoms with Crippen LogP contribution in [-0.4, -0.2) is 36.3 Å². The molecular formula is C14H22N2O4. The SMILES string of the molecule is CCCOc1cc(N(CC)CCCO)ccc1[N+](=O)[O-]. The van der Waals surface area contributed by atoms with E-state index in [0.29, 0.717) is 25.3 Å². The number of nitro benzene ring substituents is 1. The Morgan fingerprint density at radius 3 is 2.70 bits per heavy atom. The highest BCUT2D eigenvalue weighted by Crippen LogP contribution is 2.31. The van der Waals surface area contributed by atoms with Gasteiger partial charge in [-0.25, -0.2) is 0 Å². The molecule has 20 heavy (non-hydrogen) atoms. The van der Waals surface area contributed by atoms with Crippen molar-refractivity contribution in [3.63, 3.8) is 0 Å². The largest absolute Gasteiger partial charge is 0.487 e. The molecule has 6 nitrogen and oxygen atoms in total. The van der Waals surface area contributed by atoms with Crippen LogP contribution in [-0.2, 0) is 0 Å². The summed E-state index contributed by atoms with van der Waals surface area (Å²) in [5.41, 5.74) is 0.859. The molecular weight excluding hydrogens is 260 g/mol. The van der Waals surface area contributed by atoms with Crippen LogP contribution in [0.3, 0.4) is 0 Å². The topological polar surface area (TPSA) is 75.8 Å². The summed E-state index contributed by atoms with van der Waals surface area (Å²) in [7, 11) is 0. The summed E-state index contributed by atoms with van der Waals surface area (Å²) >= 11 is 0. The van der Waals surface area contributed by atoms with Crippen molar-refractivity contribution in [2.24, 2.45) is 0 Å². The molecule has 0 saturated carbocycles. The summed E-state index contributed by atoms with van der Waals surface area (Å²) in [6, 6.07) is 4.90. The van der Waals surface area contributed by atoms with Crippen LogP contribution >= 0.6 is 0 Å². The average molecular weight is 282 g/mol. The Labute approximate surface area is 119 Å². The molecule has 0 unspecified atom stereocenters. The molecule has 0 spiro atoms. The Hall–Kier alpha value is -1.82. The Balaban J connectivity index is 2.99. The molecule has 1 rings (SSSR count). The van der Waals surface area contributed by atoms with E-state index in [2.05, 4.69) is 4.90 Å². The minimum absolute atomic E-state index is 0.0135. The fourth-order valence-corrected chi connectivity index (χ4v) is 1.91. The molecule has 0 radical (unpaired) electrons. The van der Waals surface area contributed by atoms with Crippen LogP contribution in [0.25, 0.3) is 0 Å². The van der Waals surface area contributed by atoms with Gasteiger partial charge >= 0.3 is 5.69 Å². The van der Waals surface area contributed by atoms with Crippen LogP contribution in [0.2, 0.25) is 0 Å². The van der Waals surface area contributed by atoms with E-state index >= 15 is 0 Å². The summed E-state index contributed by atoms with van der Waals surface area (Å²) in [5, 5.41) is 19.9. The first-order valence-corrected chi connectivity index (χ1v) is 6.91.